The van der Waals surface area contributed by atoms with Crippen molar-refractivity contribution in [2.24, 2.45) is 0 Å². The summed E-state index contributed by atoms with van der Waals surface area (Å²) in [5, 5.41) is 3.46. The molecule has 0 amide bonds. The molecule has 1 aliphatic carbocycles. The Labute approximate surface area is 433 Å². The maximum absolute atomic E-state index is 15.7. The fourth-order valence-electron chi connectivity index (χ4n) is 8.36. The third-order valence-electron chi connectivity index (χ3n) is 12.3. The molecule has 0 heterocycles. The van der Waals surface area contributed by atoms with E-state index in [-0.39, 0.29) is 59.5 Å². The minimum Gasteiger partial charge on any atom is 2.00 e. The fraction of sp³-hybridized carbons (Fsp3) is 0.102. The molecule has 1 aliphatic rings. The van der Waals surface area contributed by atoms with Crippen LogP contribution >= 0.6 is 0 Å². The Hall–Kier alpha value is -6.43. The van der Waals surface area contributed by atoms with Crippen LogP contribution in [0.1, 0.15) is 49.9 Å². The predicted octanol–water partition coefficient (Wildman–Crippen LogP) is 15.6. The summed E-state index contributed by atoms with van der Waals surface area (Å²) in [5.41, 5.74) is 3.04. The van der Waals surface area contributed by atoms with Crippen LogP contribution in [0, 0.1) is 71.2 Å². The smallest absolute Gasteiger partial charge is 2.00 e. The second-order valence-electron chi connectivity index (χ2n) is 16.6. The van der Waals surface area contributed by atoms with Gasteiger partial charge >= 0.3 is 290 Å². The van der Waals surface area contributed by atoms with Crippen molar-refractivity contribution in [3.63, 3.8) is 0 Å². The zero-order valence-electron chi connectivity index (χ0n) is 39.7. The maximum Gasteiger partial charge on any atom is 2.00 e. The van der Waals surface area contributed by atoms with E-state index in [1.807, 2.05) is 13.8 Å². The van der Waals surface area contributed by atoms with Gasteiger partial charge in [0.2, 0.25) is 0 Å². The van der Waals surface area contributed by atoms with Gasteiger partial charge in [-0.15, -0.1) is 48.4 Å². The Morgan fingerprint density at radius 2 is 1.01 bits per heavy atom. The number of fused-ring (bicyclic) bond motifs is 2. The summed E-state index contributed by atoms with van der Waals surface area (Å²) in [6.45, 7) is 12.0. The number of aryl methyl sites for hydroxylation is 1. The van der Waals surface area contributed by atoms with Crippen molar-refractivity contribution < 1.29 is 70.1 Å². The van der Waals surface area contributed by atoms with Gasteiger partial charge in [-0.3, -0.25) is 6.08 Å². The zero-order valence-corrected chi connectivity index (χ0v) is 43.2. The molecule has 8 aromatic carbocycles. The van der Waals surface area contributed by atoms with E-state index in [0.717, 1.165) is 17.3 Å². The first-order valence-electron chi connectivity index (χ1n) is 22.2. The molecule has 0 saturated carbocycles. The van der Waals surface area contributed by atoms with Crippen LogP contribution in [0.5, 0.6) is 0 Å². The summed E-state index contributed by atoms with van der Waals surface area (Å²) in [7, 11) is 4.72. The first-order chi connectivity index (χ1) is 33.9. The number of hydrogen-bond donors (Lipinski definition) is 0. The molecule has 72 heavy (non-hydrogen) atoms. The summed E-state index contributed by atoms with van der Waals surface area (Å²) in [4.78, 5) is 0. The molecule has 0 fully saturated rings. The van der Waals surface area contributed by atoms with Crippen molar-refractivity contribution in [1.82, 2.24) is 0 Å². The Kier molecular flexibility index (Phi) is 17.9. The molecular formula is C59H42BF10SiZr. The third kappa shape index (κ3) is 10.7. The Balaban J connectivity index is 0.000000276. The van der Waals surface area contributed by atoms with E-state index in [2.05, 4.69) is 93.6 Å². The Morgan fingerprint density at radius 1 is 0.542 bits per heavy atom. The van der Waals surface area contributed by atoms with Crippen LogP contribution in [-0.2, 0) is 26.2 Å². The molecule has 0 spiro atoms. The standard InChI is InChI=1S/C35H16BF10Si.C16H13.C8H13.Zr/c1-47(16-10-6-3-7-11-16)14-19-22(24-28(39)32(43)35(46)33(44)29(24)40)21-18(25(19)36)13-12-17(20(21)15-8-4-2-5-9-15)23-26(37)30(41)34(45)31(42)27(23)38;1-12-10-14-8-5-9-15(16(14)11-12)13-6-3-2-4-7-13;1-5-7(3)8(4)6-2;/h2-14H,1H3;2-11H,1H3;5H,1-4H3;/q;2*-1;+2. The van der Waals surface area contributed by atoms with E-state index in [9.17, 15) is 26.3 Å². The van der Waals surface area contributed by atoms with Crippen molar-refractivity contribution >= 4 is 48.6 Å². The van der Waals surface area contributed by atoms with Crippen molar-refractivity contribution in [3.8, 4) is 33.4 Å². The van der Waals surface area contributed by atoms with Crippen LogP contribution in [0.25, 0.3) is 49.7 Å². The Morgan fingerprint density at radius 3 is 1.51 bits per heavy atom. The van der Waals surface area contributed by atoms with Crippen molar-refractivity contribution in [3.05, 3.63) is 243 Å². The zero-order chi connectivity index (χ0) is 51.4. The van der Waals surface area contributed by atoms with Crippen LogP contribution in [0.2, 0.25) is 6.55 Å². The van der Waals surface area contributed by atoms with Gasteiger partial charge in [0.25, 0.3) is 0 Å². The second-order valence-corrected chi connectivity index (χ2v) is 18.8. The summed E-state index contributed by atoms with van der Waals surface area (Å²) in [6, 6.07) is 39.6. The molecular weight excluding hydrogens is 1030 g/mol. The van der Waals surface area contributed by atoms with E-state index in [0.29, 0.717) is 0 Å². The monoisotopic (exact) mass is 1070 g/mol. The van der Waals surface area contributed by atoms with Gasteiger partial charge in [-0.25, -0.2) is 11.1 Å². The average Bonchev–Trinajstić information content (AvgIpc) is 3.92. The molecule has 0 aromatic heterocycles. The van der Waals surface area contributed by atoms with Gasteiger partial charge < -0.3 is 0 Å². The normalized spacial score (nSPS) is 12.5. The summed E-state index contributed by atoms with van der Waals surface area (Å²) in [6.07, 6.45) is 5.15. The van der Waals surface area contributed by atoms with Gasteiger partial charge in [0, 0.05) is 0 Å². The van der Waals surface area contributed by atoms with Crippen LogP contribution < -0.4 is 5.19 Å². The molecule has 1 radical (unpaired) electrons. The van der Waals surface area contributed by atoms with Crippen molar-refractivity contribution in [1.29, 1.82) is 0 Å². The summed E-state index contributed by atoms with van der Waals surface area (Å²) in [5.74, 6) is -22.7. The van der Waals surface area contributed by atoms with Crippen LogP contribution in [-0.4, -0.2) is 27.0 Å². The number of halogens is 10. The van der Waals surface area contributed by atoms with Gasteiger partial charge in [0.15, 0.2) is 0 Å². The van der Waals surface area contributed by atoms with E-state index < -0.39 is 88.8 Å². The van der Waals surface area contributed by atoms with Gasteiger partial charge in [0.1, 0.15) is 0 Å². The molecule has 0 saturated heterocycles. The van der Waals surface area contributed by atoms with Crippen LogP contribution in [0.4, 0.5) is 43.9 Å². The molecule has 0 atom stereocenters. The minimum absolute atomic E-state index is 0. The summed E-state index contributed by atoms with van der Waals surface area (Å²) < 4.78 is 149. The van der Waals surface area contributed by atoms with E-state index >= 15 is 17.6 Å². The molecule has 8 aromatic rings. The Bertz CT molecular complexity index is 3410. The topological polar surface area (TPSA) is 0 Å². The number of allylic oxidation sites excluding steroid dienone is 5. The molecule has 359 valence electrons. The van der Waals surface area contributed by atoms with E-state index in [1.54, 1.807) is 36.9 Å². The predicted molar refractivity (Wildman–Crippen MR) is 270 cm³/mol. The molecule has 0 aliphatic heterocycles. The van der Waals surface area contributed by atoms with E-state index in [1.165, 1.54) is 74.6 Å². The summed E-state index contributed by atoms with van der Waals surface area (Å²) >= 11 is 0. The molecule has 0 nitrogen and oxygen atoms in total. The number of rotatable bonds is 7. The largest absolute Gasteiger partial charge is 2.00 e. The fourth-order valence-corrected chi connectivity index (χ4v) is 9.98. The third-order valence-corrected chi connectivity index (χ3v) is 14.2. The average molecular weight is 1070 g/mol. The first kappa shape index (κ1) is 54.9. The van der Waals surface area contributed by atoms with Gasteiger partial charge in [-0.1, -0.05) is 62.7 Å². The molecule has 0 unspecified atom stereocenters. The van der Waals surface area contributed by atoms with Gasteiger partial charge in [-0.2, -0.15) is 12.1 Å². The van der Waals surface area contributed by atoms with Gasteiger partial charge in [-0.05, 0) is 5.56 Å². The number of benzene rings is 7. The van der Waals surface area contributed by atoms with Gasteiger partial charge in [0.05, 0.1) is 0 Å². The van der Waals surface area contributed by atoms with Crippen molar-refractivity contribution in [2.75, 3.05) is 0 Å². The first-order valence-corrected chi connectivity index (χ1v) is 24.2. The second kappa shape index (κ2) is 23.4. The van der Waals surface area contributed by atoms with Crippen LogP contribution in [0.3, 0.4) is 0 Å². The minimum atomic E-state index is -2.42. The number of hydrogen-bond acceptors (Lipinski definition) is 0. The molecule has 13 heteroatoms. The maximum atomic E-state index is 15.7. The quantitative estimate of drug-likeness (QED) is 0.0373. The van der Waals surface area contributed by atoms with Crippen molar-refractivity contribution in [2.45, 2.75) is 41.2 Å². The van der Waals surface area contributed by atoms with E-state index in [4.69, 9.17) is 7.49 Å². The molecule has 0 bridgehead atoms. The SMILES string of the molecule is C[C-]=C(C)C(C)=CC.Cc1cc2c(-c3ccccc3)cccc2[cH-]1.[B]=C1C(C=[Si](C)c2ccccc2)=C(c2c(F)c(F)c(F)c(F)c2F)c2c1ccc(-c1c(F)c(F)c(F)c(F)c1F)c2-c1ccccc1.[Zr+2]. The molecule has 9 rings (SSSR count). The van der Waals surface area contributed by atoms with Crippen LogP contribution in [0.15, 0.2) is 156 Å². The molecule has 0 N–H and O–H groups in total.